The fraction of sp³-hybridized carbons (Fsp3) is 0.220. The Hall–Kier alpha value is -9.12. The minimum atomic E-state index is -0.0568. The summed E-state index contributed by atoms with van der Waals surface area (Å²) in [6, 6.07) is 78.1. The van der Waals surface area contributed by atoms with Crippen LogP contribution in [0.2, 0.25) is 0 Å². The smallest absolute Gasteiger partial charge is 0.159 e. The Bertz CT molecular complexity index is 4700. The molecule has 86 heavy (non-hydrogen) atoms. The van der Waals surface area contributed by atoms with Crippen molar-refractivity contribution in [2.75, 3.05) is 9.80 Å². The Morgan fingerprint density at radius 2 is 0.791 bits per heavy atom. The number of rotatable bonds is 13. The van der Waals surface area contributed by atoms with Gasteiger partial charge in [-0.1, -0.05) is 241 Å². The minimum absolute atomic E-state index is 0.0379. The first-order chi connectivity index (χ1) is 41.4. The first kappa shape index (κ1) is 56.0. The molecule has 1 N–H and O–H groups in total. The molecule has 0 bridgehead atoms. The van der Waals surface area contributed by atoms with Gasteiger partial charge in [-0.2, -0.15) is 0 Å². The summed E-state index contributed by atoms with van der Waals surface area (Å²) in [6.45, 7) is 27.4. The highest BCUT2D eigenvalue weighted by Crippen LogP contribution is 2.54. The number of aryl methyl sites for hydroxylation is 2. The maximum Gasteiger partial charge on any atom is 0.159 e. The molecule has 0 spiro atoms. The molecule has 0 saturated heterocycles. The highest BCUT2D eigenvalue weighted by molar-refractivity contribution is 6.30. The van der Waals surface area contributed by atoms with Crippen LogP contribution in [-0.2, 0) is 23.7 Å². The molecular weight excluding hydrogens is 1040 g/mol. The van der Waals surface area contributed by atoms with Gasteiger partial charge in [-0.15, -0.1) is 0 Å². The lowest BCUT2D eigenvalue weighted by Crippen LogP contribution is -2.15. The third kappa shape index (κ3) is 9.55. The van der Waals surface area contributed by atoms with Crippen molar-refractivity contribution in [3.05, 3.63) is 246 Å². The van der Waals surface area contributed by atoms with Gasteiger partial charge in [0.1, 0.15) is 11.3 Å². The van der Waals surface area contributed by atoms with E-state index in [1.165, 1.54) is 66.1 Å². The van der Waals surface area contributed by atoms with Crippen LogP contribution in [0.15, 0.2) is 217 Å². The molecule has 0 amide bonds. The molecule has 0 unspecified atom stereocenters. The van der Waals surface area contributed by atoms with Crippen LogP contribution >= 0.6 is 0 Å². The fourth-order valence-corrected chi connectivity index (χ4v) is 13.6. The third-order valence-electron chi connectivity index (χ3n) is 18.2. The van der Waals surface area contributed by atoms with Gasteiger partial charge in [0.25, 0.3) is 0 Å². The lowest BCUT2D eigenvalue weighted by molar-refractivity contribution is 0.478. The third-order valence-corrected chi connectivity index (χ3v) is 18.2. The van der Waals surface area contributed by atoms with Crippen molar-refractivity contribution in [1.82, 2.24) is 0 Å². The summed E-state index contributed by atoms with van der Waals surface area (Å²) >= 11 is 0. The predicted octanol–water partition coefficient (Wildman–Crippen LogP) is 24.1. The van der Waals surface area contributed by atoms with Crippen LogP contribution in [0.3, 0.4) is 0 Å². The number of aromatic hydroxyl groups is 1. The number of benzene rings is 12. The Kier molecular flexibility index (Phi) is 14.2. The second kappa shape index (κ2) is 21.7. The van der Waals surface area contributed by atoms with Crippen LogP contribution < -0.4 is 9.80 Å². The van der Waals surface area contributed by atoms with E-state index in [0.29, 0.717) is 5.69 Å². The number of nitrogens with zero attached hydrogens (tertiary/aromatic N) is 2. The van der Waals surface area contributed by atoms with Crippen molar-refractivity contribution in [3.63, 3.8) is 0 Å². The van der Waals surface area contributed by atoms with Crippen LogP contribution in [0.5, 0.6) is 5.75 Å². The number of phenolic OH excluding ortho intramolecular Hbond substituents is 1. The van der Waals surface area contributed by atoms with E-state index in [1.807, 2.05) is 0 Å². The molecule has 4 nitrogen and oxygen atoms in total. The molecule has 0 fully saturated rings. The number of fused-ring (bicyclic) bond motifs is 3. The van der Waals surface area contributed by atoms with Crippen LogP contribution in [0.4, 0.5) is 34.1 Å². The lowest BCUT2D eigenvalue weighted by Gasteiger charge is -2.32. The number of para-hydroxylation sites is 3. The quantitative estimate of drug-likeness (QED) is 0.117. The van der Waals surface area contributed by atoms with Gasteiger partial charge < -0.3 is 19.3 Å². The number of phenols is 1. The van der Waals surface area contributed by atoms with E-state index in [2.05, 4.69) is 305 Å². The number of hydrogen-bond donors (Lipinski definition) is 1. The van der Waals surface area contributed by atoms with Gasteiger partial charge in [0.15, 0.2) is 5.58 Å². The van der Waals surface area contributed by atoms with Crippen molar-refractivity contribution >= 4 is 88.4 Å². The van der Waals surface area contributed by atoms with Crippen molar-refractivity contribution in [1.29, 1.82) is 0 Å². The van der Waals surface area contributed by atoms with E-state index < -0.39 is 0 Å². The first-order valence-electron chi connectivity index (χ1n) is 31.1. The summed E-state index contributed by atoms with van der Waals surface area (Å²) in [4.78, 5) is 4.80. The topological polar surface area (TPSA) is 39.9 Å². The molecule has 12 aromatic carbocycles. The molecule has 0 atom stereocenters. The Labute approximate surface area is 508 Å². The SMILES string of the molecule is CCc1ccccc1-c1cccc(-c2cccc(N(c3ccc(C(C)(C)C)cc3)c3cc(C(C)C)c4ccc5c(N(c6ccc(C(C)(C)C)cc6)c6cccc7c6oc6c(-c8ccccc8CC)cccc67)cc(C(C)C)c6ccc3c4c65)c2O)c1. The Morgan fingerprint density at radius 1 is 0.372 bits per heavy atom. The van der Waals surface area contributed by atoms with Gasteiger partial charge in [-0.05, 0) is 167 Å². The molecule has 0 aliphatic carbocycles. The van der Waals surface area contributed by atoms with Crippen LogP contribution in [0, 0.1) is 0 Å². The van der Waals surface area contributed by atoms with Crippen LogP contribution in [0.25, 0.3) is 87.6 Å². The summed E-state index contributed by atoms with van der Waals surface area (Å²) in [6.07, 6.45) is 1.85. The molecule has 1 aromatic heterocycles. The second-order valence-electron chi connectivity index (χ2n) is 26.3. The maximum atomic E-state index is 13.1. The highest BCUT2D eigenvalue weighted by Gasteiger charge is 2.30. The number of furan rings is 1. The molecular formula is C82H78N2O2. The van der Waals surface area contributed by atoms with E-state index in [1.54, 1.807) is 0 Å². The molecule has 4 heteroatoms. The summed E-state index contributed by atoms with van der Waals surface area (Å²) in [5, 5.41) is 22.5. The first-order valence-corrected chi connectivity index (χ1v) is 31.1. The van der Waals surface area contributed by atoms with Gasteiger partial charge in [0, 0.05) is 44.0 Å². The van der Waals surface area contributed by atoms with E-state index in [4.69, 9.17) is 4.42 Å². The molecule has 0 radical (unpaired) electrons. The molecule has 13 aromatic rings. The predicted molar refractivity (Wildman–Crippen MR) is 369 cm³/mol. The maximum absolute atomic E-state index is 13.1. The standard InChI is InChI=1S/C82H78N2O2/c1-13-52-23-15-17-27-60(52)54-25-19-26-55(47-54)62-29-21-33-72(78(62)85)83(58-39-35-56(36-40-58)81(7,8)9)74-48-70(50(3)4)63-44-46-69-75(49-71(51(5)6)64-43-45-68(74)76(63)77(64)69)84(59-41-37-57(38-42-59)82(10,11)12)73-34-22-32-67-66-31-20-30-65(79(66)86-80(67)73)61-28-18-16-24-53(61)14-2/h15-51,85H,13-14H2,1-12H3. The van der Waals surface area contributed by atoms with E-state index >= 15 is 0 Å². The Balaban J connectivity index is 1.09. The van der Waals surface area contributed by atoms with Crippen LogP contribution in [-0.4, -0.2) is 5.11 Å². The average Bonchev–Trinajstić information content (AvgIpc) is 0.826. The minimum Gasteiger partial charge on any atom is -0.505 e. The van der Waals surface area contributed by atoms with Gasteiger partial charge in [0.2, 0.25) is 0 Å². The summed E-state index contributed by atoms with van der Waals surface area (Å²) in [5.41, 5.74) is 21.5. The van der Waals surface area contributed by atoms with Crippen LogP contribution in [0.1, 0.15) is 128 Å². The van der Waals surface area contributed by atoms with E-state index in [-0.39, 0.29) is 28.4 Å². The molecule has 0 aliphatic rings. The van der Waals surface area contributed by atoms with Gasteiger partial charge in [-0.25, -0.2) is 0 Å². The Morgan fingerprint density at radius 3 is 1.33 bits per heavy atom. The van der Waals surface area contributed by atoms with E-state index in [0.717, 1.165) is 96.2 Å². The van der Waals surface area contributed by atoms with Gasteiger partial charge in [0.05, 0.1) is 22.7 Å². The van der Waals surface area contributed by atoms with Gasteiger partial charge in [-0.3, -0.25) is 0 Å². The van der Waals surface area contributed by atoms with Gasteiger partial charge >= 0.3 is 0 Å². The monoisotopic (exact) mass is 1120 g/mol. The zero-order valence-electron chi connectivity index (χ0n) is 52.0. The summed E-state index contributed by atoms with van der Waals surface area (Å²) in [7, 11) is 0. The molecule has 13 rings (SSSR count). The summed E-state index contributed by atoms with van der Waals surface area (Å²) in [5.74, 6) is 0.574. The average molecular weight is 1120 g/mol. The zero-order chi connectivity index (χ0) is 59.9. The molecule has 0 saturated carbocycles. The zero-order valence-corrected chi connectivity index (χ0v) is 52.0. The molecule has 0 aliphatic heterocycles. The molecule has 428 valence electrons. The van der Waals surface area contributed by atoms with Crippen molar-refractivity contribution in [3.8, 4) is 39.1 Å². The lowest BCUT2D eigenvalue weighted by atomic mass is 9.83. The number of anilines is 6. The second-order valence-corrected chi connectivity index (χ2v) is 26.3. The summed E-state index contributed by atoms with van der Waals surface area (Å²) < 4.78 is 7.38. The van der Waals surface area contributed by atoms with E-state index in [9.17, 15) is 5.11 Å². The largest absolute Gasteiger partial charge is 0.505 e. The van der Waals surface area contributed by atoms with Crippen molar-refractivity contribution in [2.45, 2.75) is 119 Å². The fourth-order valence-electron chi connectivity index (χ4n) is 13.6. The number of hydrogen-bond acceptors (Lipinski definition) is 4. The van der Waals surface area contributed by atoms with Crippen molar-refractivity contribution in [2.24, 2.45) is 0 Å². The molecule has 1 heterocycles. The highest BCUT2D eigenvalue weighted by atomic mass is 16.3. The van der Waals surface area contributed by atoms with Crippen molar-refractivity contribution < 1.29 is 9.52 Å². The normalized spacial score (nSPS) is 12.3.